The summed E-state index contributed by atoms with van der Waals surface area (Å²) in [5.74, 6) is 1.20. The summed E-state index contributed by atoms with van der Waals surface area (Å²) in [4.78, 5) is 14.5. The van der Waals surface area contributed by atoms with Gasteiger partial charge in [0.15, 0.2) is 0 Å². The summed E-state index contributed by atoms with van der Waals surface area (Å²) in [6, 6.07) is 18.6. The first kappa shape index (κ1) is 32.3. The molecule has 0 aliphatic carbocycles. The molecule has 6 aromatic rings. The largest absolute Gasteiger partial charge is 0.493 e. The second-order valence-corrected chi connectivity index (χ2v) is 13.5. The predicted octanol–water partition coefficient (Wildman–Crippen LogP) is 7.80. The smallest absolute Gasteiger partial charge is 0.354 e. The monoisotopic (exact) mass is 683 g/mol. The summed E-state index contributed by atoms with van der Waals surface area (Å²) in [5.41, 5.74) is 7.80. The Morgan fingerprint density at radius 3 is 2.65 bits per heavy atom. The molecule has 0 N–H and O–H groups in total. The van der Waals surface area contributed by atoms with Crippen LogP contribution >= 0.6 is 23.4 Å². The van der Waals surface area contributed by atoms with Crippen LogP contribution in [0.25, 0.3) is 32.8 Å². The normalized spacial score (nSPS) is 14.1. The molecule has 0 spiro atoms. The van der Waals surface area contributed by atoms with Crippen LogP contribution in [-0.2, 0) is 62.4 Å². The Labute approximate surface area is 288 Å². The number of nitrogens with zero attached hydrogens (tertiary/aromatic N) is 5. The van der Waals surface area contributed by atoms with Gasteiger partial charge in [0.25, 0.3) is 0 Å². The van der Waals surface area contributed by atoms with E-state index in [-0.39, 0.29) is 6.61 Å². The number of fused-ring (bicyclic) bond motifs is 8. The van der Waals surface area contributed by atoms with Crippen molar-refractivity contribution >= 4 is 51.0 Å². The number of aromatic nitrogens is 5. The van der Waals surface area contributed by atoms with Crippen LogP contribution in [0.4, 0.5) is 0 Å². The van der Waals surface area contributed by atoms with Crippen molar-refractivity contribution in [3.05, 3.63) is 93.7 Å². The predicted molar refractivity (Wildman–Crippen MR) is 190 cm³/mol. The lowest BCUT2D eigenvalue weighted by atomic mass is 9.97. The SMILES string of the molecule is CCc1c2c(nn1C)COCc1cc(n(C)n1)CSc1cc(c3ccccc3c1)OCCCc1c(C(=O)OC)n(C)c3c-2c(Cl)ccc13. The molecule has 0 fully saturated rings. The molecule has 1 aliphatic heterocycles. The van der Waals surface area contributed by atoms with Crippen LogP contribution in [0.15, 0.2) is 59.5 Å². The molecule has 4 heterocycles. The number of ether oxygens (including phenoxy) is 3. The minimum Gasteiger partial charge on any atom is -0.493 e. The van der Waals surface area contributed by atoms with Crippen molar-refractivity contribution < 1.29 is 19.0 Å². The number of halogens is 1. The number of esters is 1. The highest BCUT2D eigenvalue weighted by molar-refractivity contribution is 7.98. The van der Waals surface area contributed by atoms with E-state index in [0.717, 1.165) is 84.0 Å². The zero-order valence-corrected chi connectivity index (χ0v) is 29.4. The maximum Gasteiger partial charge on any atom is 0.354 e. The zero-order valence-electron chi connectivity index (χ0n) is 27.8. The maximum absolute atomic E-state index is 13.4. The Morgan fingerprint density at radius 1 is 1.00 bits per heavy atom. The quantitative estimate of drug-likeness (QED) is 0.172. The van der Waals surface area contributed by atoms with Crippen LogP contribution in [0.2, 0.25) is 5.02 Å². The number of thioether (sulfide) groups is 1. The Hall–Kier alpha value is -4.25. The van der Waals surface area contributed by atoms with Crippen LogP contribution in [-0.4, -0.2) is 43.8 Å². The fourth-order valence-electron chi connectivity index (χ4n) is 6.93. The van der Waals surface area contributed by atoms with Gasteiger partial charge in [0.1, 0.15) is 11.4 Å². The van der Waals surface area contributed by atoms with Gasteiger partial charge in [-0.15, -0.1) is 11.8 Å². The Balaban J connectivity index is 1.38. The number of aryl methyl sites for hydroxylation is 4. The van der Waals surface area contributed by atoms with Gasteiger partial charge < -0.3 is 18.8 Å². The second-order valence-electron chi connectivity index (χ2n) is 12.1. The molecule has 0 unspecified atom stereocenters. The number of benzene rings is 3. The lowest BCUT2D eigenvalue weighted by Gasteiger charge is -2.13. The fourth-order valence-corrected chi connectivity index (χ4v) is 8.16. The maximum atomic E-state index is 13.4. The number of hydrogen-bond donors (Lipinski definition) is 0. The third kappa shape index (κ3) is 5.76. The minimum atomic E-state index is -0.392. The Bertz CT molecular complexity index is 2180. The van der Waals surface area contributed by atoms with Crippen molar-refractivity contribution in [1.82, 2.24) is 24.1 Å². The lowest BCUT2D eigenvalue weighted by Crippen LogP contribution is -2.11. The van der Waals surface area contributed by atoms with E-state index < -0.39 is 5.97 Å². The lowest BCUT2D eigenvalue weighted by molar-refractivity contribution is 0.0589. The van der Waals surface area contributed by atoms with Crippen molar-refractivity contribution in [3.8, 4) is 16.9 Å². The molecule has 248 valence electrons. The first-order chi connectivity index (χ1) is 23.3. The molecule has 1 aliphatic rings. The molecule has 0 saturated heterocycles. The van der Waals surface area contributed by atoms with E-state index in [9.17, 15) is 4.79 Å². The molecule has 0 saturated carbocycles. The molecule has 48 heavy (non-hydrogen) atoms. The van der Waals surface area contributed by atoms with Crippen molar-refractivity contribution in [3.63, 3.8) is 0 Å². The van der Waals surface area contributed by atoms with E-state index in [0.29, 0.717) is 36.8 Å². The van der Waals surface area contributed by atoms with Crippen LogP contribution < -0.4 is 4.74 Å². The highest BCUT2D eigenvalue weighted by Crippen LogP contribution is 2.42. The molecule has 0 radical (unpaired) electrons. The van der Waals surface area contributed by atoms with E-state index in [2.05, 4.69) is 37.3 Å². The van der Waals surface area contributed by atoms with Crippen LogP contribution in [0, 0.1) is 0 Å². The first-order valence-electron chi connectivity index (χ1n) is 16.1. The first-order valence-corrected chi connectivity index (χ1v) is 17.5. The van der Waals surface area contributed by atoms with E-state index in [1.165, 1.54) is 7.11 Å². The van der Waals surface area contributed by atoms with Gasteiger partial charge in [-0.05, 0) is 54.5 Å². The van der Waals surface area contributed by atoms with E-state index in [1.54, 1.807) is 11.8 Å². The molecule has 11 heteroatoms. The van der Waals surface area contributed by atoms with Gasteiger partial charge >= 0.3 is 5.97 Å². The number of hydrogen-bond acceptors (Lipinski definition) is 7. The number of carbonyl (C=O) groups is 1. The third-order valence-electron chi connectivity index (χ3n) is 9.14. The van der Waals surface area contributed by atoms with Gasteiger partial charge in [-0.1, -0.05) is 48.9 Å². The number of methoxy groups -OCH3 is 1. The molecule has 0 atom stereocenters. The summed E-state index contributed by atoms with van der Waals surface area (Å²) in [6.45, 7) is 3.19. The number of rotatable bonds is 2. The molecule has 3 aromatic heterocycles. The van der Waals surface area contributed by atoms with Gasteiger partial charge in [-0.3, -0.25) is 9.36 Å². The third-order valence-corrected chi connectivity index (χ3v) is 10.5. The molecule has 9 nitrogen and oxygen atoms in total. The van der Waals surface area contributed by atoms with Gasteiger partial charge in [-0.25, -0.2) is 4.79 Å². The van der Waals surface area contributed by atoms with Crippen molar-refractivity contribution in [1.29, 1.82) is 0 Å². The van der Waals surface area contributed by atoms with Gasteiger partial charge in [-0.2, -0.15) is 10.2 Å². The topological polar surface area (TPSA) is 85.3 Å². The summed E-state index contributed by atoms with van der Waals surface area (Å²) < 4.78 is 23.8. The minimum absolute atomic E-state index is 0.273. The van der Waals surface area contributed by atoms with E-state index in [1.807, 2.05) is 59.3 Å². The zero-order chi connectivity index (χ0) is 33.5. The molecular formula is C37H38ClN5O4S. The van der Waals surface area contributed by atoms with Gasteiger partial charge in [0.05, 0.1) is 48.9 Å². The summed E-state index contributed by atoms with van der Waals surface area (Å²) >= 11 is 8.82. The van der Waals surface area contributed by atoms with Crippen LogP contribution in [0.1, 0.15) is 52.2 Å². The molecule has 0 amide bonds. The van der Waals surface area contributed by atoms with Gasteiger partial charge in [0, 0.05) is 65.1 Å². The highest BCUT2D eigenvalue weighted by atomic mass is 35.5. The van der Waals surface area contributed by atoms with Crippen LogP contribution in [0.5, 0.6) is 5.75 Å². The Kier molecular flexibility index (Phi) is 8.98. The molecule has 3 aromatic carbocycles. The Morgan fingerprint density at radius 2 is 1.83 bits per heavy atom. The average Bonchev–Trinajstić information content (AvgIpc) is 3.70. The number of carbonyl (C=O) groups excluding carboxylic acids is 1. The van der Waals surface area contributed by atoms with Gasteiger partial charge in [0.2, 0.25) is 0 Å². The van der Waals surface area contributed by atoms with Crippen molar-refractivity contribution in [2.24, 2.45) is 21.1 Å². The molecule has 8 bridgehead atoms. The van der Waals surface area contributed by atoms with E-state index >= 15 is 0 Å². The fraction of sp³-hybridized carbons (Fsp3) is 0.324. The summed E-state index contributed by atoms with van der Waals surface area (Å²) in [7, 11) is 7.24. The van der Waals surface area contributed by atoms with Crippen molar-refractivity contribution in [2.45, 2.75) is 50.0 Å². The highest BCUT2D eigenvalue weighted by Gasteiger charge is 2.28. The summed E-state index contributed by atoms with van der Waals surface area (Å²) in [6.07, 6.45) is 2.04. The van der Waals surface area contributed by atoms with Crippen LogP contribution in [0.3, 0.4) is 0 Å². The standard InChI is InChI=1S/C37H38ClN5O4S/c1-6-31-34-30(40-43(31)4)20-46-19-23-17-24(42(3)39-23)21-48-25-16-22-10-7-8-11-26(22)32(18-25)47-15-9-12-27-28-13-14-29(38)33(34)35(28)41(2)36(27)37(44)45-5/h7-8,10-11,13-14,16-18H,6,9,12,15,19-21H2,1-5H3. The summed E-state index contributed by atoms with van der Waals surface area (Å²) in [5, 5.41) is 13.4. The molecular weight excluding hydrogens is 646 g/mol. The average molecular weight is 684 g/mol. The van der Waals surface area contributed by atoms with E-state index in [4.69, 9.17) is 36.0 Å². The second kappa shape index (κ2) is 13.3. The van der Waals surface area contributed by atoms with Crippen molar-refractivity contribution in [2.75, 3.05) is 13.7 Å². The molecule has 7 rings (SSSR count).